The molecule has 0 amide bonds. The Balaban J connectivity index is 0. The van der Waals surface area contributed by atoms with Crippen LogP contribution in [0.2, 0.25) is 19.6 Å². The van der Waals surface area contributed by atoms with E-state index < -0.39 is 8.32 Å². The first-order valence-electron chi connectivity index (χ1n) is 1.72. The highest BCUT2D eigenvalue weighted by atomic mass is 28.4. The fourth-order valence-electron chi connectivity index (χ4n) is 0. The van der Waals surface area contributed by atoms with Crippen LogP contribution in [0.5, 0.6) is 0 Å². The number of hydrogen-bond acceptors (Lipinski definition) is 1. The van der Waals surface area contributed by atoms with Crippen LogP contribution < -0.4 is 0 Å². The van der Waals surface area contributed by atoms with Gasteiger partial charge in [-0.2, -0.15) is 0 Å². The van der Waals surface area contributed by atoms with Crippen molar-refractivity contribution < 1.29 is 4.80 Å². The molecule has 0 aliphatic carbocycles. The van der Waals surface area contributed by atoms with Crippen LogP contribution in [0.25, 0.3) is 0 Å². The van der Waals surface area contributed by atoms with Gasteiger partial charge in [0.2, 0.25) is 0 Å². The molecular formula is C3H13BOSi. The van der Waals surface area contributed by atoms with Gasteiger partial charge in [-0.3, -0.25) is 0 Å². The SMILES string of the molecule is B.C[Si](C)(C)O. The molecule has 0 heterocycles. The zero-order chi connectivity index (χ0) is 4.50. The Labute approximate surface area is 42.1 Å². The van der Waals surface area contributed by atoms with E-state index in [4.69, 9.17) is 4.80 Å². The van der Waals surface area contributed by atoms with E-state index in [2.05, 4.69) is 0 Å². The first-order chi connectivity index (χ1) is 2.00. The average Bonchev–Trinajstić information content (AvgIpc) is 0.722. The molecule has 0 aliphatic rings. The van der Waals surface area contributed by atoms with Gasteiger partial charge in [-0.05, 0) is 19.6 Å². The van der Waals surface area contributed by atoms with Crippen LogP contribution in [-0.2, 0) is 0 Å². The smallest absolute Gasteiger partial charge is 0.179 e. The van der Waals surface area contributed by atoms with Gasteiger partial charge in [0.25, 0.3) is 0 Å². The van der Waals surface area contributed by atoms with Gasteiger partial charge in [-0.1, -0.05) is 0 Å². The monoisotopic (exact) mass is 104 g/mol. The molecule has 0 rings (SSSR count). The third-order valence-corrected chi connectivity index (χ3v) is 0. The van der Waals surface area contributed by atoms with Crippen molar-refractivity contribution in [1.29, 1.82) is 0 Å². The van der Waals surface area contributed by atoms with Gasteiger partial charge in [0.15, 0.2) is 8.32 Å². The predicted molar refractivity (Wildman–Crippen MR) is 35.5 cm³/mol. The molecule has 0 saturated heterocycles. The molecule has 0 aliphatic heterocycles. The molecular weight excluding hydrogens is 90.9 g/mol. The van der Waals surface area contributed by atoms with Gasteiger partial charge in [-0.25, -0.2) is 0 Å². The van der Waals surface area contributed by atoms with Crippen LogP contribution >= 0.6 is 0 Å². The molecule has 3 heteroatoms. The second kappa shape index (κ2) is 2.42. The number of hydrogen-bond donors (Lipinski definition) is 1. The summed E-state index contributed by atoms with van der Waals surface area (Å²) in [5.74, 6) is 0. The topological polar surface area (TPSA) is 20.2 Å². The third kappa shape index (κ3) is 762. The van der Waals surface area contributed by atoms with E-state index in [0.29, 0.717) is 0 Å². The minimum atomic E-state index is -1.61. The molecule has 0 aromatic heterocycles. The molecule has 0 radical (unpaired) electrons. The van der Waals surface area contributed by atoms with Crippen molar-refractivity contribution in [3.05, 3.63) is 0 Å². The Morgan fingerprint density at radius 2 is 1.17 bits per heavy atom. The van der Waals surface area contributed by atoms with Crippen LogP contribution in [0, 0.1) is 0 Å². The Morgan fingerprint density at radius 3 is 1.17 bits per heavy atom. The molecule has 0 unspecified atom stereocenters. The second-order valence-electron chi connectivity index (χ2n) is 2.17. The first-order valence-corrected chi connectivity index (χ1v) is 5.17. The lowest BCUT2D eigenvalue weighted by Crippen LogP contribution is -2.17. The highest BCUT2D eigenvalue weighted by Crippen LogP contribution is 1.88. The maximum Gasteiger partial charge on any atom is 0.179 e. The predicted octanol–water partition coefficient (Wildman–Crippen LogP) is -0.370. The number of rotatable bonds is 0. The zero-order valence-corrected chi connectivity index (χ0v) is 4.95. The second-order valence-corrected chi connectivity index (χ2v) is 6.51. The quantitative estimate of drug-likeness (QED) is 0.416. The molecule has 38 valence electrons. The lowest BCUT2D eigenvalue weighted by atomic mass is 10.8. The van der Waals surface area contributed by atoms with E-state index in [0.717, 1.165) is 0 Å². The minimum Gasteiger partial charge on any atom is -0.433 e. The average molecular weight is 104 g/mol. The molecule has 0 atom stereocenters. The lowest BCUT2D eigenvalue weighted by Gasteiger charge is -2.00. The molecule has 0 saturated carbocycles. The third-order valence-electron chi connectivity index (χ3n) is 0. The lowest BCUT2D eigenvalue weighted by molar-refractivity contribution is 0.561. The molecule has 0 aromatic carbocycles. The van der Waals surface area contributed by atoms with Crippen LogP contribution in [-0.4, -0.2) is 21.5 Å². The fraction of sp³-hybridized carbons (Fsp3) is 1.00. The van der Waals surface area contributed by atoms with E-state index in [-0.39, 0.29) is 8.41 Å². The van der Waals surface area contributed by atoms with Crippen LogP contribution in [0.1, 0.15) is 0 Å². The van der Waals surface area contributed by atoms with E-state index in [1.54, 1.807) is 0 Å². The summed E-state index contributed by atoms with van der Waals surface area (Å²) >= 11 is 0. The maximum absolute atomic E-state index is 8.66. The summed E-state index contributed by atoms with van der Waals surface area (Å²) in [6.45, 7) is 5.65. The van der Waals surface area contributed by atoms with Gasteiger partial charge < -0.3 is 4.80 Å². The Hall–Kier alpha value is 0.242. The van der Waals surface area contributed by atoms with Crippen LogP contribution in [0.15, 0.2) is 0 Å². The normalized spacial score (nSPS) is 10.0. The van der Waals surface area contributed by atoms with Crippen LogP contribution in [0.3, 0.4) is 0 Å². The van der Waals surface area contributed by atoms with Crippen molar-refractivity contribution in [2.75, 3.05) is 0 Å². The summed E-state index contributed by atoms with van der Waals surface area (Å²) < 4.78 is 0. The molecule has 1 nitrogen and oxygen atoms in total. The van der Waals surface area contributed by atoms with Crippen molar-refractivity contribution in [2.45, 2.75) is 19.6 Å². The summed E-state index contributed by atoms with van der Waals surface area (Å²) in [4.78, 5) is 8.66. The van der Waals surface area contributed by atoms with E-state index in [9.17, 15) is 0 Å². The van der Waals surface area contributed by atoms with Gasteiger partial charge in [0.05, 0.1) is 8.41 Å². The van der Waals surface area contributed by atoms with Crippen molar-refractivity contribution in [3.63, 3.8) is 0 Å². The molecule has 0 aromatic rings. The fourth-order valence-corrected chi connectivity index (χ4v) is 0. The molecule has 1 N–H and O–H groups in total. The van der Waals surface area contributed by atoms with Gasteiger partial charge in [0, 0.05) is 0 Å². The summed E-state index contributed by atoms with van der Waals surface area (Å²) in [6, 6.07) is 0. The van der Waals surface area contributed by atoms with Crippen molar-refractivity contribution in [1.82, 2.24) is 0 Å². The molecule has 0 bridgehead atoms. The molecule has 0 spiro atoms. The molecule has 0 fully saturated rings. The Bertz CT molecular complexity index is 26.3. The summed E-state index contributed by atoms with van der Waals surface area (Å²) in [5, 5.41) is 0. The highest BCUT2D eigenvalue weighted by Gasteiger charge is 2.03. The first kappa shape index (κ1) is 9.53. The summed E-state index contributed by atoms with van der Waals surface area (Å²) in [5.41, 5.74) is 0. The van der Waals surface area contributed by atoms with E-state index >= 15 is 0 Å². The Kier molecular flexibility index (Phi) is 3.85. The van der Waals surface area contributed by atoms with Crippen molar-refractivity contribution >= 4 is 16.7 Å². The van der Waals surface area contributed by atoms with Gasteiger partial charge in [0.1, 0.15) is 0 Å². The standard InChI is InChI=1S/C3H10OSi.BH3/c1-5(2,3)4;/h4H,1-3H3;1H3. The molecule has 6 heavy (non-hydrogen) atoms. The van der Waals surface area contributed by atoms with Crippen molar-refractivity contribution in [3.8, 4) is 0 Å². The van der Waals surface area contributed by atoms with Gasteiger partial charge >= 0.3 is 0 Å². The van der Waals surface area contributed by atoms with Gasteiger partial charge in [-0.15, -0.1) is 0 Å². The largest absolute Gasteiger partial charge is 0.433 e. The zero-order valence-electron chi connectivity index (χ0n) is 3.95. The van der Waals surface area contributed by atoms with Crippen molar-refractivity contribution in [2.24, 2.45) is 0 Å². The summed E-state index contributed by atoms with van der Waals surface area (Å²) in [6.07, 6.45) is 0. The van der Waals surface area contributed by atoms with Crippen LogP contribution in [0.4, 0.5) is 0 Å². The Morgan fingerprint density at radius 1 is 1.17 bits per heavy atom. The van der Waals surface area contributed by atoms with E-state index in [1.165, 1.54) is 0 Å². The minimum absolute atomic E-state index is 0. The highest BCUT2D eigenvalue weighted by molar-refractivity contribution is 6.68. The van der Waals surface area contributed by atoms with E-state index in [1.807, 2.05) is 19.6 Å². The summed E-state index contributed by atoms with van der Waals surface area (Å²) in [7, 11) is -1.61. The maximum atomic E-state index is 8.66.